The zero-order valence-electron chi connectivity index (χ0n) is 13.5. The summed E-state index contributed by atoms with van der Waals surface area (Å²) in [4.78, 5) is 28.0. The van der Waals surface area contributed by atoms with Crippen molar-refractivity contribution in [2.45, 2.75) is 31.7 Å². The van der Waals surface area contributed by atoms with E-state index < -0.39 is 0 Å². The summed E-state index contributed by atoms with van der Waals surface area (Å²) in [5.41, 5.74) is 1.20. The maximum atomic E-state index is 11.9. The topological polar surface area (TPSA) is 52.7 Å². The van der Waals surface area contributed by atoms with Crippen LogP contribution in [0.3, 0.4) is 0 Å². The van der Waals surface area contributed by atoms with Crippen molar-refractivity contribution in [2.75, 3.05) is 32.7 Å². The van der Waals surface area contributed by atoms with Crippen molar-refractivity contribution in [3.63, 3.8) is 0 Å². The molecule has 124 valence electrons. The van der Waals surface area contributed by atoms with Crippen molar-refractivity contribution < 1.29 is 9.59 Å². The van der Waals surface area contributed by atoms with Crippen LogP contribution in [-0.4, -0.2) is 54.3 Å². The molecule has 1 aromatic carbocycles. The van der Waals surface area contributed by atoms with Gasteiger partial charge in [0.2, 0.25) is 11.8 Å². The van der Waals surface area contributed by atoms with Crippen LogP contribution in [0, 0.1) is 0 Å². The fourth-order valence-corrected chi connectivity index (χ4v) is 3.55. The number of benzene rings is 1. The molecule has 1 atom stereocenters. The van der Waals surface area contributed by atoms with Crippen molar-refractivity contribution >= 4 is 11.8 Å². The van der Waals surface area contributed by atoms with Gasteiger partial charge in [-0.3, -0.25) is 14.5 Å². The minimum atomic E-state index is 0.121. The third-order valence-corrected chi connectivity index (χ3v) is 4.77. The zero-order valence-corrected chi connectivity index (χ0v) is 13.5. The SMILES string of the molecule is O=C1C[C@@H](c2ccccc2)N(CCCN2CCCC2=O)CCN1. The average molecular weight is 315 g/mol. The van der Waals surface area contributed by atoms with E-state index in [0.29, 0.717) is 19.4 Å². The van der Waals surface area contributed by atoms with Gasteiger partial charge in [0.1, 0.15) is 0 Å². The van der Waals surface area contributed by atoms with Gasteiger partial charge in [0.15, 0.2) is 0 Å². The number of rotatable bonds is 5. The second-order valence-electron chi connectivity index (χ2n) is 6.35. The van der Waals surface area contributed by atoms with Crippen LogP contribution in [0.4, 0.5) is 0 Å². The van der Waals surface area contributed by atoms with Crippen LogP contribution < -0.4 is 5.32 Å². The van der Waals surface area contributed by atoms with Crippen LogP contribution in [0.1, 0.15) is 37.3 Å². The summed E-state index contributed by atoms with van der Waals surface area (Å²) in [7, 11) is 0. The Morgan fingerprint density at radius 2 is 1.91 bits per heavy atom. The van der Waals surface area contributed by atoms with Gasteiger partial charge in [-0.2, -0.15) is 0 Å². The van der Waals surface area contributed by atoms with Gasteiger partial charge in [0.05, 0.1) is 0 Å². The lowest BCUT2D eigenvalue weighted by Crippen LogP contribution is -2.34. The minimum Gasteiger partial charge on any atom is -0.355 e. The van der Waals surface area contributed by atoms with Crippen molar-refractivity contribution in [1.29, 1.82) is 0 Å². The first-order valence-corrected chi connectivity index (χ1v) is 8.57. The molecular weight excluding hydrogens is 290 g/mol. The summed E-state index contributed by atoms with van der Waals surface area (Å²) < 4.78 is 0. The monoisotopic (exact) mass is 315 g/mol. The van der Waals surface area contributed by atoms with E-state index in [0.717, 1.165) is 39.0 Å². The van der Waals surface area contributed by atoms with E-state index in [9.17, 15) is 9.59 Å². The molecule has 2 aliphatic heterocycles. The van der Waals surface area contributed by atoms with Crippen LogP contribution >= 0.6 is 0 Å². The molecule has 0 unspecified atom stereocenters. The van der Waals surface area contributed by atoms with E-state index in [1.54, 1.807) is 0 Å². The maximum absolute atomic E-state index is 11.9. The van der Waals surface area contributed by atoms with E-state index in [4.69, 9.17) is 0 Å². The molecule has 0 aromatic heterocycles. The summed E-state index contributed by atoms with van der Waals surface area (Å²) in [5.74, 6) is 0.411. The van der Waals surface area contributed by atoms with Crippen LogP contribution in [0.25, 0.3) is 0 Å². The number of carbonyl (C=O) groups is 2. The standard InChI is InChI=1S/C18H25N3O2/c22-17-14-16(15-6-2-1-3-7-15)20(13-9-19-17)11-5-12-21-10-4-8-18(21)23/h1-3,6-7,16H,4-5,8-14H2,(H,19,22)/t16-/m0/s1. The van der Waals surface area contributed by atoms with Crippen molar-refractivity contribution in [1.82, 2.24) is 15.1 Å². The number of hydrogen-bond acceptors (Lipinski definition) is 3. The second-order valence-corrected chi connectivity index (χ2v) is 6.35. The molecular formula is C18H25N3O2. The summed E-state index contributed by atoms with van der Waals surface area (Å²) in [6.07, 6.45) is 3.16. The number of nitrogens with one attached hydrogen (secondary N) is 1. The normalized spacial score (nSPS) is 23.0. The highest BCUT2D eigenvalue weighted by Gasteiger charge is 2.26. The third-order valence-electron chi connectivity index (χ3n) is 4.77. The summed E-state index contributed by atoms with van der Waals surface area (Å²) in [5, 5.41) is 2.97. The fraction of sp³-hybridized carbons (Fsp3) is 0.556. The fourth-order valence-electron chi connectivity index (χ4n) is 3.55. The van der Waals surface area contributed by atoms with Crippen molar-refractivity contribution in [3.05, 3.63) is 35.9 Å². The lowest BCUT2D eigenvalue weighted by molar-refractivity contribution is -0.127. The summed E-state index contributed by atoms with van der Waals surface area (Å²) in [6.45, 7) is 4.21. The Morgan fingerprint density at radius 1 is 1.09 bits per heavy atom. The zero-order chi connectivity index (χ0) is 16.1. The van der Waals surface area contributed by atoms with Gasteiger partial charge in [-0.1, -0.05) is 30.3 Å². The van der Waals surface area contributed by atoms with Gasteiger partial charge in [-0.05, 0) is 18.4 Å². The maximum Gasteiger partial charge on any atom is 0.222 e. The molecule has 0 bridgehead atoms. The Kier molecular flexibility index (Phi) is 5.28. The summed E-state index contributed by atoms with van der Waals surface area (Å²) >= 11 is 0. The minimum absolute atomic E-state index is 0.121. The molecule has 0 aliphatic carbocycles. The Hall–Kier alpha value is -1.88. The molecule has 1 aromatic rings. The molecule has 0 radical (unpaired) electrons. The molecule has 23 heavy (non-hydrogen) atoms. The highest BCUT2D eigenvalue weighted by molar-refractivity contribution is 5.78. The second kappa shape index (κ2) is 7.59. The first-order valence-electron chi connectivity index (χ1n) is 8.57. The average Bonchev–Trinajstić information content (AvgIpc) is 2.87. The molecule has 2 heterocycles. The van der Waals surface area contributed by atoms with Crippen molar-refractivity contribution in [3.8, 4) is 0 Å². The quantitative estimate of drug-likeness (QED) is 0.897. The molecule has 2 aliphatic rings. The Balaban J connectivity index is 1.62. The van der Waals surface area contributed by atoms with Gasteiger partial charge in [-0.15, -0.1) is 0 Å². The van der Waals surface area contributed by atoms with Gasteiger partial charge < -0.3 is 10.2 Å². The predicted octanol–water partition coefficient (Wildman–Crippen LogP) is 1.56. The molecule has 0 spiro atoms. The van der Waals surface area contributed by atoms with Crippen LogP contribution in [0.2, 0.25) is 0 Å². The van der Waals surface area contributed by atoms with Gasteiger partial charge in [-0.25, -0.2) is 0 Å². The highest BCUT2D eigenvalue weighted by Crippen LogP contribution is 2.25. The smallest absolute Gasteiger partial charge is 0.222 e. The van der Waals surface area contributed by atoms with Crippen molar-refractivity contribution in [2.24, 2.45) is 0 Å². The number of likely N-dealkylation sites (tertiary alicyclic amines) is 1. The molecule has 0 saturated carbocycles. The highest BCUT2D eigenvalue weighted by atomic mass is 16.2. The molecule has 2 fully saturated rings. The molecule has 5 nitrogen and oxygen atoms in total. The third kappa shape index (κ3) is 4.10. The molecule has 2 amide bonds. The van der Waals surface area contributed by atoms with E-state index >= 15 is 0 Å². The first-order chi connectivity index (χ1) is 11.2. The predicted molar refractivity (Wildman–Crippen MR) is 88.8 cm³/mol. The molecule has 1 N–H and O–H groups in total. The number of amides is 2. The molecule has 2 saturated heterocycles. The van der Waals surface area contributed by atoms with Crippen LogP contribution in [-0.2, 0) is 9.59 Å². The molecule has 3 rings (SSSR count). The van der Waals surface area contributed by atoms with Gasteiger partial charge in [0, 0.05) is 51.6 Å². The Bertz CT molecular complexity index is 546. The first kappa shape index (κ1) is 16.0. The Labute approximate surface area is 137 Å². The Morgan fingerprint density at radius 3 is 2.65 bits per heavy atom. The van der Waals surface area contributed by atoms with E-state index in [1.807, 2.05) is 23.1 Å². The van der Waals surface area contributed by atoms with Gasteiger partial charge in [0.25, 0.3) is 0 Å². The van der Waals surface area contributed by atoms with Crippen LogP contribution in [0.5, 0.6) is 0 Å². The molecule has 5 heteroatoms. The lowest BCUT2D eigenvalue weighted by Gasteiger charge is -2.30. The van der Waals surface area contributed by atoms with E-state index in [1.165, 1.54) is 5.56 Å². The largest absolute Gasteiger partial charge is 0.355 e. The lowest BCUT2D eigenvalue weighted by atomic mass is 10.0. The number of hydrogen-bond donors (Lipinski definition) is 1. The number of carbonyl (C=O) groups excluding carboxylic acids is 2. The number of nitrogens with zero attached hydrogens (tertiary/aromatic N) is 2. The van der Waals surface area contributed by atoms with E-state index in [-0.39, 0.29) is 17.9 Å². The summed E-state index contributed by atoms with van der Waals surface area (Å²) in [6, 6.07) is 10.4. The van der Waals surface area contributed by atoms with Crippen LogP contribution in [0.15, 0.2) is 30.3 Å². The van der Waals surface area contributed by atoms with E-state index in [2.05, 4.69) is 22.3 Å². The van der Waals surface area contributed by atoms with Gasteiger partial charge >= 0.3 is 0 Å².